The van der Waals surface area contributed by atoms with Gasteiger partial charge in [-0.05, 0) is 49.4 Å². The molecule has 27 heavy (non-hydrogen) atoms. The van der Waals surface area contributed by atoms with E-state index in [1.165, 1.54) is 16.9 Å². The molecule has 0 spiro atoms. The van der Waals surface area contributed by atoms with Crippen LogP contribution >= 0.6 is 11.3 Å². The molecule has 1 unspecified atom stereocenters. The van der Waals surface area contributed by atoms with Crippen LogP contribution in [0.25, 0.3) is 10.6 Å². The molecule has 1 aliphatic heterocycles. The lowest BCUT2D eigenvalue weighted by atomic mass is 10.1. The third kappa shape index (κ3) is 3.52. The molecule has 1 aromatic carbocycles. The quantitative estimate of drug-likeness (QED) is 0.639. The van der Waals surface area contributed by atoms with Crippen molar-refractivity contribution in [2.24, 2.45) is 0 Å². The lowest BCUT2D eigenvalue weighted by Crippen LogP contribution is -2.30. The molecule has 4 rings (SSSR count). The fourth-order valence-electron chi connectivity index (χ4n) is 3.67. The number of hydrogen-bond donors (Lipinski definition) is 0. The Labute approximate surface area is 163 Å². The first-order valence-electron chi connectivity index (χ1n) is 9.45. The van der Waals surface area contributed by atoms with Crippen molar-refractivity contribution in [2.45, 2.75) is 39.2 Å². The summed E-state index contributed by atoms with van der Waals surface area (Å²) >= 11 is 1.50. The maximum Gasteiger partial charge on any atom is 0.266 e. The van der Waals surface area contributed by atoms with E-state index in [1.54, 1.807) is 12.4 Å². The summed E-state index contributed by atoms with van der Waals surface area (Å²) < 4.78 is 0. The highest BCUT2D eigenvalue weighted by atomic mass is 32.1. The van der Waals surface area contributed by atoms with Crippen LogP contribution in [-0.2, 0) is 6.42 Å². The van der Waals surface area contributed by atoms with Crippen LogP contribution in [0.4, 0.5) is 0 Å². The van der Waals surface area contributed by atoms with Crippen LogP contribution in [-0.4, -0.2) is 27.3 Å². The van der Waals surface area contributed by atoms with Gasteiger partial charge >= 0.3 is 0 Å². The van der Waals surface area contributed by atoms with E-state index in [4.69, 9.17) is 0 Å². The minimum Gasteiger partial charge on any atom is -0.331 e. The van der Waals surface area contributed by atoms with Crippen molar-refractivity contribution in [2.75, 3.05) is 6.54 Å². The molecule has 0 bridgehead atoms. The minimum atomic E-state index is 0.0979. The van der Waals surface area contributed by atoms with Crippen molar-refractivity contribution in [3.05, 3.63) is 70.5 Å². The lowest BCUT2D eigenvalue weighted by Gasteiger charge is -2.24. The molecule has 1 amide bonds. The van der Waals surface area contributed by atoms with Crippen LogP contribution in [0.5, 0.6) is 0 Å². The Morgan fingerprint density at radius 1 is 1.19 bits per heavy atom. The van der Waals surface area contributed by atoms with Crippen molar-refractivity contribution in [1.82, 2.24) is 14.9 Å². The van der Waals surface area contributed by atoms with Gasteiger partial charge in [0.1, 0.15) is 9.88 Å². The molecule has 138 valence electrons. The number of pyridine rings is 1. The van der Waals surface area contributed by atoms with Crippen LogP contribution in [0.2, 0.25) is 0 Å². The highest BCUT2D eigenvalue weighted by Crippen LogP contribution is 2.36. The Hall–Kier alpha value is -2.53. The highest BCUT2D eigenvalue weighted by Gasteiger charge is 2.32. The largest absolute Gasteiger partial charge is 0.331 e. The molecule has 1 atom stereocenters. The Kier molecular flexibility index (Phi) is 5.03. The zero-order chi connectivity index (χ0) is 18.8. The molecule has 1 fully saturated rings. The lowest BCUT2D eigenvalue weighted by molar-refractivity contribution is 0.0739. The van der Waals surface area contributed by atoms with Crippen molar-refractivity contribution in [3.63, 3.8) is 0 Å². The van der Waals surface area contributed by atoms with Gasteiger partial charge < -0.3 is 4.90 Å². The summed E-state index contributed by atoms with van der Waals surface area (Å²) in [4.78, 5) is 24.8. The number of likely N-dealkylation sites (tertiary alicyclic amines) is 1. The summed E-state index contributed by atoms with van der Waals surface area (Å²) in [6.45, 7) is 4.88. The number of rotatable bonds is 4. The Morgan fingerprint density at radius 3 is 2.63 bits per heavy atom. The van der Waals surface area contributed by atoms with Crippen LogP contribution in [0.3, 0.4) is 0 Å². The topological polar surface area (TPSA) is 46.1 Å². The smallest absolute Gasteiger partial charge is 0.266 e. The number of thiazole rings is 1. The summed E-state index contributed by atoms with van der Waals surface area (Å²) in [7, 11) is 0. The predicted octanol–water partition coefficient (Wildman–Crippen LogP) is 5.05. The normalized spacial score (nSPS) is 16.7. The third-order valence-electron chi connectivity index (χ3n) is 5.20. The number of aryl methyl sites for hydroxylation is 2. The van der Waals surface area contributed by atoms with Gasteiger partial charge in [-0.2, -0.15) is 0 Å². The molecule has 0 saturated carbocycles. The van der Waals surface area contributed by atoms with E-state index in [0.717, 1.165) is 52.5 Å². The number of carbonyl (C=O) groups excluding carboxylic acids is 1. The van der Waals surface area contributed by atoms with E-state index in [-0.39, 0.29) is 11.9 Å². The van der Waals surface area contributed by atoms with Gasteiger partial charge in [0.05, 0.1) is 11.7 Å². The molecule has 0 radical (unpaired) electrons. The van der Waals surface area contributed by atoms with Gasteiger partial charge in [-0.1, -0.05) is 31.2 Å². The van der Waals surface area contributed by atoms with Gasteiger partial charge in [0.2, 0.25) is 0 Å². The first kappa shape index (κ1) is 17.9. The Balaban J connectivity index is 1.61. The molecule has 3 aromatic rings. The van der Waals surface area contributed by atoms with E-state index < -0.39 is 0 Å². The van der Waals surface area contributed by atoms with E-state index in [1.807, 2.05) is 24.0 Å². The van der Waals surface area contributed by atoms with Crippen molar-refractivity contribution < 1.29 is 4.79 Å². The molecular formula is C22H23N3OS. The monoisotopic (exact) mass is 377 g/mol. The zero-order valence-electron chi connectivity index (χ0n) is 15.7. The first-order chi connectivity index (χ1) is 13.2. The highest BCUT2D eigenvalue weighted by molar-refractivity contribution is 7.17. The molecule has 0 N–H and O–H groups in total. The second-order valence-corrected chi connectivity index (χ2v) is 7.92. The number of carbonyl (C=O) groups is 1. The van der Waals surface area contributed by atoms with Crippen LogP contribution in [0.1, 0.15) is 52.3 Å². The number of benzene rings is 1. The SMILES string of the molecule is CCc1ccc(-c2nc(C)c(C(=O)N3CCCC3c3ccncc3)s2)cc1. The number of aromatic nitrogens is 2. The molecule has 1 saturated heterocycles. The van der Waals surface area contributed by atoms with Crippen molar-refractivity contribution >= 4 is 17.2 Å². The van der Waals surface area contributed by atoms with Gasteiger partial charge in [-0.25, -0.2) is 4.98 Å². The molecule has 2 aromatic heterocycles. The van der Waals surface area contributed by atoms with E-state index in [2.05, 4.69) is 41.2 Å². The fourth-order valence-corrected chi connectivity index (χ4v) is 4.70. The standard InChI is InChI=1S/C22H23N3OS/c1-3-16-6-8-18(9-7-16)21-24-15(2)20(27-21)22(26)25-14-4-5-19(25)17-10-12-23-13-11-17/h6-13,19H,3-5,14H2,1-2H3. The number of amides is 1. The summed E-state index contributed by atoms with van der Waals surface area (Å²) in [6, 6.07) is 12.6. The van der Waals surface area contributed by atoms with Gasteiger partial charge in [-0.15, -0.1) is 11.3 Å². The first-order valence-corrected chi connectivity index (χ1v) is 10.3. The summed E-state index contributed by atoms with van der Waals surface area (Å²) in [5.74, 6) is 0.0979. The third-order valence-corrected chi connectivity index (χ3v) is 6.40. The van der Waals surface area contributed by atoms with E-state index >= 15 is 0 Å². The van der Waals surface area contributed by atoms with Crippen LogP contribution in [0, 0.1) is 6.92 Å². The summed E-state index contributed by atoms with van der Waals surface area (Å²) in [5, 5.41) is 0.915. The molecule has 3 heterocycles. The van der Waals surface area contributed by atoms with Crippen LogP contribution in [0.15, 0.2) is 48.8 Å². The molecule has 1 aliphatic rings. The van der Waals surface area contributed by atoms with Gasteiger partial charge in [0.25, 0.3) is 5.91 Å². The molecular weight excluding hydrogens is 354 g/mol. The van der Waals surface area contributed by atoms with Gasteiger partial charge in [-0.3, -0.25) is 9.78 Å². The maximum atomic E-state index is 13.3. The zero-order valence-corrected chi connectivity index (χ0v) is 16.5. The van der Waals surface area contributed by atoms with Crippen LogP contribution < -0.4 is 0 Å². The van der Waals surface area contributed by atoms with Gasteiger partial charge in [0.15, 0.2) is 0 Å². The van der Waals surface area contributed by atoms with Gasteiger partial charge in [0, 0.05) is 24.5 Å². The maximum absolute atomic E-state index is 13.3. The van der Waals surface area contributed by atoms with Crippen molar-refractivity contribution in [3.8, 4) is 10.6 Å². The van der Waals surface area contributed by atoms with Crippen molar-refractivity contribution in [1.29, 1.82) is 0 Å². The second-order valence-electron chi connectivity index (χ2n) is 6.92. The average molecular weight is 378 g/mol. The second kappa shape index (κ2) is 7.61. The molecule has 0 aliphatic carbocycles. The number of nitrogens with zero attached hydrogens (tertiary/aromatic N) is 3. The number of hydrogen-bond acceptors (Lipinski definition) is 4. The minimum absolute atomic E-state index is 0.0979. The Bertz CT molecular complexity index is 934. The summed E-state index contributed by atoms with van der Waals surface area (Å²) in [5.41, 5.74) is 4.36. The predicted molar refractivity (Wildman–Crippen MR) is 109 cm³/mol. The summed E-state index contributed by atoms with van der Waals surface area (Å²) in [6.07, 6.45) is 6.64. The fraction of sp³-hybridized carbons (Fsp3) is 0.318. The van der Waals surface area contributed by atoms with E-state index in [9.17, 15) is 4.79 Å². The average Bonchev–Trinajstić information content (AvgIpc) is 3.35. The van der Waals surface area contributed by atoms with E-state index in [0.29, 0.717) is 0 Å². The molecule has 4 nitrogen and oxygen atoms in total. The Morgan fingerprint density at radius 2 is 1.93 bits per heavy atom. The molecule has 5 heteroatoms.